The van der Waals surface area contributed by atoms with Gasteiger partial charge in [0.25, 0.3) is 11.8 Å². The van der Waals surface area contributed by atoms with Crippen molar-refractivity contribution in [2.24, 2.45) is 0 Å². The number of imide groups is 1. The third-order valence-corrected chi connectivity index (χ3v) is 5.15. The first kappa shape index (κ1) is 21.2. The summed E-state index contributed by atoms with van der Waals surface area (Å²) >= 11 is 0. The molecule has 2 amide bonds. The predicted molar refractivity (Wildman–Crippen MR) is 118 cm³/mol. The van der Waals surface area contributed by atoms with Crippen LogP contribution in [0.15, 0.2) is 78.5 Å². The van der Waals surface area contributed by atoms with E-state index in [1.165, 1.54) is 6.07 Å². The lowest BCUT2D eigenvalue weighted by atomic mass is 10.0. The van der Waals surface area contributed by atoms with E-state index in [1.807, 2.05) is 25.1 Å². The summed E-state index contributed by atoms with van der Waals surface area (Å²) in [5.74, 6) is -2.83. The van der Waals surface area contributed by atoms with Crippen LogP contribution in [-0.4, -0.2) is 25.5 Å². The standard InChI is InChI=1S/C25H20F2N2O3/c1-3-32-19-12-9-16(10-13-19)22-23(28(2)17-7-5-4-6-8-17)25(31)29(24(22)30)18-11-14-20(26)21(27)15-18/h4-15H,3H2,1-2H3. The van der Waals surface area contributed by atoms with Gasteiger partial charge in [-0.15, -0.1) is 0 Å². The van der Waals surface area contributed by atoms with E-state index in [4.69, 9.17) is 4.74 Å². The first-order valence-electron chi connectivity index (χ1n) is 10.0. The number of halogens is 2. The van der Waals surface area contributed by atoms with Crippen LogP contribution in [0.25, 0.3) is 5.57 Å². The fourth-order valence-corrected chi connectivity index (χ4v) is 3.61. The van der Waals surface area contributed by atoms with Crippen LogP contribution in [0.3, 0.4) is 0 Å². The Kier molecular flexibility index (Phi) is 5.73. The van der Waals surface area contributed by atoms with Crippen LogP contribution < -0.4 is 14.5 Å². The molecule has 3 aromatic rings. The van der Waals surface area contributed by atoms with Crippen LogP contribution in [0.1, 0.15) is 12.5 Å². The van der Waals surface area contributed by atoms with Crippen LogP contribution >= 0.6 is 0 Å². The van der Waals surface area contributed by atoms with Gasteiger partial charge in [-0.2, -0.15) is 0 Å². The van der Waals surface area contributed by atoms with Gasteiger partial charge in [0.2, 0.25) is 0 Å². The summed E-state index contributed by atoms with van der Waals surface area (Å²) in [7, 11) is 1.68. The van der Waals surface area contributed by atoms with Crippen molar-refractivity contribution in [3.05, 3.63) is 95.7 Å². The number of para-hydroxylation sites is 1. The molecule has 1 heterocycles. The van der Waals surface area contributed by atoms with Crippen molar-refractivity contribution in [2.45, 2.75) is 6.92 Å². The van der Waals surface area contributed by atoms with Crippen molar-refractivity contribution in [3.63, 3.8) is 0 Å². The fraction of sp³-hybridized carbons (Fsp3) is 0.120. The van der Waals surface area contributed by atoms with Crippen LogP contribution in [0.2, 0.25) is 0 Å². The molecule has 0 spiro atoms. The molecule has 0 bridgehead atoms. The average Bonchev–Trinajstić information content (AvgIpc) is 3.06. The van der Waals surface area contributed by atoms with Gasteiger partial charge in [-0.1, -0.05) is 30.3 Å². The molecule has 0 N–H and O–H groups in total. The number of likely N-dealkylation sites (N-methyl/N-ethyl adjacent to an activating group) is 1. The molecule has 1 aliphatic heterocycles. The molecule has 32 heavy (non-hydrogen) atoms. The lowest BCUT2D eigenvalue weighted by molar-refractivity contribution is -0.120. The SMILES string of the molecule is CCOc1ccc(C2=C(N(C)c3ccccc3)C(=O)N(c3ccc(F)c(F)c3)C2=O)cc1. The number of hydrogen-bond acceptors (Lipinski definition) is 4. The Morgan fingerprint density at radius 3 is 2.19 bits per heavy atom. The summed E-state index contributed by atoms with van der Waals surface area (Å²) < 4.78 is 32.8. The maximum atomic E-state index is 13.9. The van der Waals surface area contributed by atoms with Crippen molar-refractivity contribution in [1.29, 1.82) is 0 Å². The highest BCUT2D eigenvalue weighted by Crippen LogP contribution is 2.36. The van der Waals surface area contributed by atoms with E-state index in [0.29, 0.717) is 23.6 Å². The van der Waals surface area contributed by atoms with Gasteiger partial charge < -0.3 is 9.64 Å². The molecule has 7 heteroatoms. The Bertz CT molecular complexity index is 1210. The highest BCUT2D eigenvalue weighted by Gasteiger charge is 2.42. The van der Waals surface area contributed by atoms with Crippen LogP contribution in [-0.2, 0) is 9.59 Å². The first-order chi connectivity index (χ1) is 15.4. The number of hydrogen-bond donors (Lipinski definition) is 0. The summed E-state index contributed by atoms with van der Waals surface area (Å²) in [6, 6.07) is 18.8. The lowest BCUT2D eigenvalue weighted by Crippen LogP contribution is -2.34. The van der Waals surface area contributed by atoms with E-state index < -0.39 is 23.4 Å². The lowest BCUT2D eigenvalue weighted by Gasteiger charge is -2.21. The summed E-state index contributed by atoms with van der Waals surface area (Å²) in [5.41, 5.74) is 1.46. The number of carbonyl (C=O) groups excluding carboxylic acids is 2. The molecular formula is C25H20F2N2O3. The van der Waals surface area contributed by atoms with Gasteiger partial charge in [0.1, 0.15) is 11.4 Å². The molecule has 0 unspecified atom stereocenters. The minimum Gasteiger partial charge on any atom is -0.494 e. The molecular weight excluding hydrogens is 414 g/mol. The number of rotatable bonds is 6. The number of ether oxygens (including phenoxy) is 1. The molecule has 0 saturated heterocycles. The molecule has 0 radical (unpaired) electrons. The maximum Gasteiger partial charge on any atom is 0.282 e. The number of carbonyl (C=O) groups is 2. The van der Waals surface area contributed by atoms with Crippen molar-refractivity contribution in [3.8, 4) is 5.75 Å². The minimum atomic E-state index is -1.14. The Morgan fingerprint density at radius 1 is 0.875 bits per heavy atom. The Hall–Kier alpha value is -4.00. The van der Waals surface area contributed by atoms with E-state index in [9.17, 15) is 18.4 Å². The molecule has 5 nitrogen and oxygen atoms in total. The second kappa shape index (κ2) is 8.63. The van der Waals surface area contributed by atoms with Crippen LogP contribution in [0, 0.1) is 11.6 Å². The monoisotopic (exact) mass is 434 g/mol. The third kappa shape index (κ3) is 3.73. The minimum absolute atomic E-state index is 0.0428. The zero-order valence-corrected chi connectivity index (χ0v) is 17.5. The normalized spacial score (nSPS) is 13.7. The number of nitrogens with zero attached hydrogens (tertiary/aromatic N) is 2. The molecule has 0 aromatic heterocycles. The summed E-state index contributed by atoms with van der Waals surface area (Å²) in [5, 5.41) is 0. The average molecular weight is 434 g/mol. The van der Waals surface area contributed by atoms with E-state index in [0.717, 1.165) is 17.0 Å². The summed E-state index contributed by atoms with van der Waals surface area (Å²) in [4.78, 5) is 29.4. The zero-order valence-electron chi connectivity index (χ0n) is 17.5. The zero-order chi connectivity index (χ0) is 22.8. The molecule has 3 aromatic carbocycles. The van der Waals surface area contributed by atoms with E-state index in [-0.39, 0.29) is 17.0 Å². The van der Waals surface area contributed by atoms with E-state index in [1.54, 1.807) is 48.3 Å². The van der Waals surface area contributed by atoms with E-state index >= 15 is 0 Å². The second-order valence-electron chi connectivity index (χ2n) is 7.12. The van der Waals surface area contributed by atoms with Crippen molar-refractivity contribution in [1.82, 2.24) is 0 Å². The topological polar surface area (TPSA) is 49.9 Å². The van der Waals surface area contributed by atoms with E-state index in [2.05, 4.69) is 0 Å². The molecule has 1 aliphatic rings. The van der Waals surface area contributed by atoms with Gasteiger partial charge in [0, 0.05) is 18.8 Å². The first-order valence-corrected chi connectivity index (χ1v) is 10.0. The summed E-state index contributed by atoms with van der Waals surface area (Å²) in [6.07, 6.45) is 0. The van der Waals surface area contributed by atoms with Gasteiger partial charge >= 0.3 is 0 Å². The molecule has 0 saturated carbocycles. The number of anilines is 2. The van der Waals surface area contributed by atoms with Gasteiger partial charge in [-0.25, -0.2) is 13.7 Å². The summed E-state index contributed by atoms with van der Waals surface area (Å²) in [6.45, 7) is 2.35. The highest BCUT2D eigenvalue weighted by molar-refractivity contribution is 6.46. The van der Waals surface area contributed by atoms with Crippen molar-refractivity contribution < 1.29 is 23.1 Å². The largest absolute Gasteiger partial charge is 0.494 e. The van der Waals surface area contributed by atoms with Crippen molar-refractivity contribution in [2.75, 3.05) is 23.5 Å². The second-order valence-corrected chi connectivity index (χ2v) is 7.12. The third-order valence-electron chi connectivity index (χ3n) is 5.15. The number of amides is 2. The molecule has 0 fully saturated rings. The smallest absolute Gasteiger partial charge is 0.282 e. The maximum absolute atomic E-state index is 13.9. The van der Waals surface area contributed by atoms with Gasteiger partial charge in [0.15, 0.2) is 11.6 Å². The van der Waals surface area contributed by atoms with Crippen LogP contribution in [0.4, 0.5) is 20.2 Å². The van der Waals surface area contributed by atoms with Gasteiger partial charge in [-0.05, 0) is 48.9 Å². The molecule has 4 rings (SSSR count). The Labute approximate surface area is 184 Å². The fourth-order valence-electron chi connectivity index (χ4n) is 3.61. The Balaban J connectivity index is 1.84. The highest BCUT2D eigenvalue weighted by atomic mass is 19.2. The quantitative estimate of drug-likeness (QED) is 0.524. The van der Waals surface area contributed by atoms with Gasteiger partial charge in [-0.3, -0.25) is 9.59 Å². The van der Waals surface area contributed by atoms with Crippen LogP contribution in [0.5, 0.6) is 5.75 Å². The molecule has 0 aliphatic carbocycles. The predicted octanol–water partition coefficient (Wildman–Crippen LogP) is 4.78. The molecule has 0 atom stereocenters. The molecule has 162 valence electrons. The van der Waals surface area contributed by atoms with Gasteiger partial charge in [0.05, 0.1) is 17.9 Å². The number of benzene rings is 3. The van der Waals surface area contributed by atoms with Crippen molar-refractivity contribution >= 4 is 28.8 Å². The Morgan fingerprint density at radius 2 is 1.56 bits per heavy atom.